The first kappa shape index (κ1) is 22.5. The zero-order valence-electron chi connectivity index (χ0n) is 20.9. The third-order valence-corrected chi connectivity index (χ3v) is 13.7. The van der Waals surface area contributed by atoms with Gasteiger partial charge < -0.3 is 16.0 Å². The van der Waals surface area contributed by atoms with E-state index >= 15 is 0 Å². The number of rotatable bonds is 1. The van der Waals surface area contributed by atoms with Crippen LogP contribution in [-0.4, -0.2) is 55.0 Å². The van der Waals surface area contributed by atoms with Crippen molar-refractivity contribution in [2.24, 2.45) is 11.3 Å². The zero-order valence-corrected chi connectivity index (χ0v) is 21.7. The van der Waals surface area contributed by atoms with Gasteiger partial charge in [-0.15, -0.1) is 0 Å². The number of hydrogen-bond acceptors (Lipinski definition) is 4. The summed E-state index contributed by atoms with van der Waals surface area (Å²) in [5, 5.41) is 14.8. The highest BCUT2D eigenvalue weighted by Crippen LogP contribution is 2.66. The van der Waals surface area contributed by atoms with Crippen molar-refractivity contribution in [1.29, 1.82) is 0 Å². The highest BCUT2D eigenvalue weighted by Gasteiger charge is 2.70. The topological polar surface area (TPSA) is 36.1 Å². The second-order valence-corrected chi connectivity index (χ2v) is 14.6. The zero-order chi connectivity index (χ0) is 21.8. The van der Waals surface area contributed by atoms with Crippen LogP contribution < -0.4 is 16.0 Å². The maximum atomic E-state index is 4.36. The van der Waals surface area contributed by atoms with E-state index in [1.165, 1.54) is 116 Å². The van der Waals surface area contributed by atoms with Crippen LogP contribution in [0.3, 0.4) is 0 Å². The molecular weight excluding hydrogens is 421 g/mol. The smallest absolute Gasteiger partial charge is 0.153 e. The van der Waals surface area contributed by atoms with Gasteiger partial charge in [-0.2, -0.15) is 11.8 Å². The monoisotopic (exact) mass is 469 g/mol. The molecule has 2 aliphatic carbocycles. The van der Waals surface area contributed by atoms with Gasteiger partial charge in [-0.25, -0.2) is 0 Å². The maximum absolute atomic E-state index is 4.36. The van der Waals surface area contributed by atoms with E-state index in [9.17, 15) is 0 Å². The minimum Gasteiger partial charge on any atom is -0.314 e. The Morgan fingerprint density at radius 3 is 1.85 bits per heavy atom. The van der Waals surface area contributed by atoms with Gasteiger partial charge >= 0.3 is 0 Å². The van der Waals surface area contributed by atoms with Crippen molar-refractivity contribution in [2.45, 2.75) is 142 Å². The molecule has 0 amide bonds. The van der Waals surface area contributed by atoms with E-state index in [0.29, 0.717) is 5.41 Å². The average Bonchev–Trinajstić information content (AvgIpc) is 2.89. The van der Waals surface area contributed by atoms with Crippen molar-refractivity contribution in [3.63, 3.8) is 0 Å². The van der Waals surface area contributed by atoms with Gasteiger partial charge in [0, 0.05) is 34.0 Å². The summed E-state index contributed by atoms with van der Waals surface area (Å²) in [6.07, 6.45) is 22.3. The Morgan fingerprint density at radius 2 is 1.12 bits per heavy atom. The van der Waals surface area contributed by atoms with Crippen molar-refractivity contribution in [3.8, 4) is 0 Å². The summed E-state index contributed by atoms with van der Waals surface area (Å²) in [4.78, 5) is 0. The van der Waals surface area contributed by atoms with Crippen LogP contribution in [0.2, 0.25) is 17.5 Å². The largest absolute Gasteiger partial charge is 0.314 e. The summed E-state index contributed by atoms with van der Waals surface area (Å²) in [5.74, 6) is 3.83. The van der Waals surface area contributed by atoms with Crippen LogP contribution in [0.1, 0.15) is 96.3 Å². The molecule has 5 heteroatoms. The molecule has 0 aromatic rings. The van der Waals surface area contributed by atoms with E-state index in [2.05, 4.69) is 27.7 Å². The van der Waals surface area contributed by atoms with Gasteiger partial charge in [0.05, 0.1) is 0 Å². The Labute approximate surface area is 207 Å². The molecule has 8 unspecified atom stereocenters. The van der Waals surface area contributed by atoms with Crippen molar-refractivity contribution < 1.29 is 0 Å². The average molecular weight is 470 g/mol. The molecule has 7 aliphatic rings. The van der Waals surface area contributed by atoms with Crippen molar-refractivity contribution >= 4 is 18.5 Å². The lowest BCUT2D eigenvalue weighted by molar-refractivity contribution is -0.0496. The van der Waals surface area contributed by atoms with Gasteiger partial charge in [0.25, 0.3) is 0 Å². The predicted molar refractivity (Wildman–Crippen MR) is 143 cm³/mol. The molecular formula is C28H48BN3S. The van der Waals surface area contributed by atoms with Crippen molar-refractivity contribution in [3.05, 3.63) is 0 Å². The van der Waals surface area contributed by atoms with Crippen molar-refractivity contribution in [2.75, 3.05) is 19.6 Å². The van der Waals surface area contributed by atoms with Crippen LogP contribution in [-0.2, 0) is 0 Å². The summed E-state index contributed by atoms with van der Waals surface area (Å²) < 4.78 is 0. The first-order valence-electron chi connectivity index (χ1n) is 15.2. The second-order valence-electron chi connectivity index (χ2n) is 13.1. The Bertz CT molecular complexity index is 651. The highest BCUT2D eigenvalue weighted by molar-refractivity contribution is 8.00. The lowest BCUT2D eigenvalue weighted by atomic mass is 9.18. The van der Waals surface area contributed by atoms with Gasteiger partial charge in [0.1, 0.15) is 0 Å². The molecule has 7 fully saturated rings. The van der Waals surface area contributed by atoms with Gasteiger partial charge in [0.15, 0.2) is 6.71 Å². The minimum atomic E-state index is 0.447. The van der Waals surface area contributed by atoms with Crippen LogP contribution in [0.5, 0.6) is 0 Å². The van der Waals surface area contributed by atoms with Gasteiger partial charge in [-0.3, -0.25) is 0 Å². The van der Waals surface area contributed by atoms with E-state index in [-0.39, 0.29) is 0 Å². The number of nitrogens with one attached hydrogen (secondary N) is 3. The van der Waals surface area contributed by atoms with E-state index < -0.39 is 0 Å². The Kier molecular flexibility index (Phi) is 6.34. The molecule has 0 radical (unpaired) electrons. The molecule has 184 valence electrons. The molecule has 0 aromatic heterocycles. The van der Waals surface area contributed by atoms with Crippen LogP contribution >= 0.6 is 11.8 Å². The maximum Gasteiger partial charge on any atom is 0.153 e. The van der Waals surface area contributed by atoms with Crippen molar-refractivity contribution in [1.82, 2.24) is 16.0 Å². The Hall–Kier alpha value is 0.295. The fourth-order valence-electron chi connectivity index (χ4n) is 11.1. The molecule has 5 saturated heterocycles. The van der Waals surface area contributed by atoms with Crippen LogP contribution in [0.4, 0.5) is 0 Å². The van der Waals surface area contributed by atoms with Gasteiger partial charge in [0.2, 0.25) is 0 Å². The molecule has 2 saturated carbocycles. The minimum absolute atomic E-state index is 0.447. The Balaban J connectivity index is 1.36. The molecule has 5 aliphatic heterocycles. The van der Waals surface area contributed by atoms with Crippen LogP contribution in [0.25, 0.3) is 0 Å². The molecule has 1 spiro atoms. The van der Waals surface area contributed by atoms with Gasteiger partial charge in [-0.05, 0) is 75.7 Å². The molecule has 33 heavy (non-hydrogen) atoms. The lowest BCUT2D eigenvalue weighted by Gasteiger charge is -2.71. The van der Waals surface area contributed by atoms with E-state index in [0.717, 1.165) is 58.7 Å². The molecule has 5 heterocycles. The molecule has 8 atom stereocenters. The van der Waals surface area contributed by atoms with Gasteiger partial charge in [-0.1, -0.05) is 63.6 Å². The summed E-state index contributed by atoms with van der Waals surface area (Å²) in [7, 11) is 0. The number of fused-ring (bicyclic) bond motifs is 8. The highest BCUT2D eigenvalue weighted by atomic mass is 32.2. The Morgan fingerprint density at radius 1 is 0.545 bits per heavy atom. The number of thioether (sulfide) groups is 1. The number of piperidine rings is 3. The quantitative estimate of drug-likeness (QED) is 0.444. The standard InChI is InChI=1S/C28H48BN3S/c1-2-9-19(10-3-1)29-21-12-6-16-30-25(21)28(26-22(29)13-7-17-31-26)20-11-4-5-14-23(20)33-24-15-8-18-32-27(24)28/h19-27,30-32H,1-18H2. The summed E-state index contributed by atoms with van der Waals surface area (Å²) in [6.45, 7) is 4.81. The first-order chi connectivity index (χ1) is 16.4. The van der Waals surface area contributed by atoms with Crippen LogP contribution in [0.15, 0.2) is 0 Å². The normalized spacial score (nSPS) is 50.7. The molecule has 3 nitrogen and oxygen atoms in total. The van der Waals surface area contributed by atoms with E-state index in [1.54, 1.807) is 0 Å². The predicted octanol–water partition coefficient (Wildman–Crippen LogP) is 5.49. The number of hydrogen-bond donors (Lipinski definition) is 3. The summed E-state index contributed by atoms with van der Waals surface area (Å²) in [6, 6.07) is 2.25. The third-order valence-electron chi connectivity index (χ3n) is 11.9. The molecule has 7 rings (SSSR count). The van der Waals surface area contributed by atoms with Crippen LogP contribution in [0, 0.1) is 11.3 Å². The third kappa shape index (κ3) is 3.48. The van der Waals surface area contributed by atoms with E-state index in [4.69, 9.17) is 0 Å². The summed E-state index contributed by atoms with van der Waals surface area (Å²) in [5.41, 5.74) is 0.447. The van der Waals surface area contributed by atoms with E-state index in [1.807, 2.05) is 0 Å². The molecule has 3 N–H and O–H groups in total. The summed E-state index contributed by atoms with van der Waals surface area (Å²) >= 11 is 2.46. The fraction of sp³-hybridized carbons (Fsp3) is 1.00. The fourth-order valence-corrected chi connectivity index (χ4v) is 13.2. The molecule has 0 aromatic carbocycles. The SMILES string of the molecule is C1CCC(B2C3CCCNC3C3(C4CCCCC4SC4CCCNC43)C3NCCCC23)CC1. The first-order valence-corrected chi connectivity index (χ1v) is 16.2. The lowest BCUT2D eigenvalue weighted by Crippen LogP contribution is -2.81. The molecule has 0 bridgehead atoms. The second kappa shape index (κ2) is 9.31.